The number of aromatic nitrogens is 2. The monoisotopic (exact) mass is 432 g/mol. The molecule has 1 aromatic heterocycles. The maximum atomic E-state index is 5.27. The summed E-state index contributed by atoms with van der Waals surface area (Å²) in [5.41, 5.74) is 4.88. The summed E-state index contributed by atoms with van der Waals surface area (Å²) in [6, 6.07) is 21.3. The van der Waals surface area contributed by atoms with Crippen molar-refractivity contribution in [2.24, 2.45) is 0 Å². The Balaban J connectivity index is 1.31. The zero-order valence-electron chi connectivity index (χ0n) is 19.9. The number of hydrogen-bond donors (Lipinski definition) is 0. The van der Waals surface area contributed by atoms with Crippen molar-refractivity contribution in [2.75, 3.05) is 44.7 Å². The standard InChI is InChI=1S/C27H36N4O/c1-27(2,3)31-26(22-9-6-5-7-10-22)21-23(28-31)11-8-16-29-17-19-30(20-18-29)24-12-14-25(32-4)15-13-24/h5-7,9-10,12-15,21H,8,11,16-20H2,1-4H3. The molecule has 0 aliphatic carbocycles. The lowest BCUT2D eigenvalue weighted by molar-refractivity contribution is 0.254. The number of anilines is 1. The van der Waals surface area contributed by atoms with E-state index in [1.807, 2.05) is 12.1 Å². The van der Waals surface area contributed by atoms with Gasteiger partial charge in [0.05, 0.1) is 24.0 Å². The Bertz CT molecular complexity index is 981. The molecule has 0 atom stereocenters. The first-order valence-corrected chi connectivity index (χ1v) is 11.7. The third kappa shape index (κ3) is 5.33. The highest BCUT2D eigenvalue weighted by Gasteiger charge is 2.21. The Hall–Kier alpha value is -2.79. The van der Waals surface area contributed by atoms with Crippen molar-refractivity contribution in [1.29, 1.82) is 0 Å². The van der Waals surface area contributed by atoms with Crippen LogP contribution in [-0.4, -0.2) is 54.5 Å². The molecule has 4 rings (SSSR count). The molecule has 0 N–H and O–H groups in total. The maximum absolute atomic E-state index is 5.27. The summed E-state index contributed by atoms with van der Waals surface area (Å²) in [6.45, 7) is 12.1. The predicted octanol–water partition coefficient (Wildman–Crippen LogP) is 5.07. The van der Waals surface area contributed by atoms with Crippen molar-refractivity contribution in [3.8, 4) is 17.0 Å². The minimum absolute atomic E-state index is 0.0405. The van der Waals surface area contributed by atoms with E-state index in [0.29, 0.717) is 0 Å². The van der Waals surface area contributed by atoms with E-state index in [0.717, 1.165) is 51.3 Å². The largest absolute Gasteiger partial charge is 0.497 e. The first kappa shape index (κ1) is 22.4. The number of ether oxygens (including phenoxy) is 1. The zero-order chi connectivity index (χ0) is 22.6. The SMILES string of the molecule is COc1ccc(N2CCN(CCCc3cc(-c4ccccc4)n(C(C)(C)C)n3)CC2)cc1. The number of benzene rings is 2. The molecule has 2 heterocycles. The van der Waals surface area contributed by atoms with Crippen LogP contribution in [-0.2, 0) is 12.0 Å². The second-order valence-electron chi connectivity index (χ2n) is 9.60. The van der Waals surface area contributed by atoms with E-state index in [9.17, 15) is 0 Å². The van der Waals surface area contributed by atoms with Gasteiger partial charge in [-0.25, -0.2) is 0 Å². The molecule has 0 amide bonds. The van der Waals surface area contributed by atoms with Crippen LogP contribution in [0.3, 0.4) is 0 Å². The Morgan fingerprint density at radius 1 is 0.906 bits per heavy atom. The minimum Gasteiger partial charge on any atom is -0.497 e. The number of piperazine rings is 1. The van der Waals surface area contributed by atoms with Gasteiger partial charge in [-0.3, -0.25) is 9.58 Å². The normalized spacial score (nSPS) is 15.2. The van der Waals surface area contributed by atoms with Gasteiger partial charge in [-0.1, -0.05) is 30.3 Å². The molecule has 0 unspecified atom stereocenters. The lowest BCUT2D eigenvalue weighted by atomic mass is 10.1. The second kappa shape index (κ2) is 9.78. The van der Waals surface area contributed by atoms with Gasteiger partial charge in [-0.15, -0.1) is 0 Å². The van der Waals surface area contributed by atoms with Gasteiger partial charge in [0.1, 0.15) is 5.75 Å². The number of rotatable bonds is 7. The summed E-state index contributed by atoms with van der Waals surface area (Å²) >= 11 is 0. The molecule has 0 bridgehead atoms. The van der Waals surface area contributed by atoms with Crippen molar-refractivity contribution >= 4 is 5.69 Å². The topological polar surface area (TPSA) is 33.5 Å². The Morgan fingerprint density at radius 3 is 2.22 bits per heavy atom. The molecule has 0 radical (unpaired) electrons. The molecule has 1 aliphatic heterocycles. The summed E-state index contributed by atoms with van der Waals surface area (Å²) < 4.78 is 7.46. The van der Waals surface area contributed by atoms with Gasteiger partial charge >= 0.3 is 0 Å². The molecule has 32 heavy (non-hydrogen) atoms. The highest BCUT2D eigenvalue weighted by atomic mass is 16.5. The van der Waals surface area contributed by atoms with Crippen LogP contribution in [0.4, 0.5) is 5.69 Å². The van der Waals surface area contributed by atoms with E-state index >= 15 is 0 Å². The van der Waals surface area contributed by atoms with Crippen molar-refractivity contribution in [1.82, 2.24) is 14.7 Å². The van der Waals surface area contributed by atoms with Crippen LogP contribution < -0.4 is 9.64 Å². The molecule has 1 saturated heterocycles. The van der Waals surface area contributed by atoms with Crippen molar-refractivity contribution in [3.05, 3.63) is 66.4 Å². The summed E-state index contributed by atoms with van der Waals surface area (Å²) in [5, 5.41) is 4.99. The molecule has 1 aliphatic rings. The zero-order valence-corrected chi connectivity index (χ0v) is 19.9. The summed E-state index contributed by atoms with van der Waals surface area (Å²) in [5.74, 6) is 0.914. The van der Waals surface area contributed by atoms with E-state index in [1.54, 1.807) is 7.11 Å². The third-order valence-electron chi connectivity index (χ3n) is 6.18. The first-order valence-electron chi connectivity index (χ1n) is 11.7. The molecule has 5 nitrogen and oxygen atoms in total. The molecule has 170 valence electrons. The average molecular weight is 433 g/mol. The smallest absolute Gasteiger partial charge is 0.119 e. The van der Waals surface area contributed by atoms with E-state index in [2.05, 4.69) is 83.8 Å². The van der Waals surface area contributed by atoms with Crippen LogP contribution in [0.25, 0.3) is 11.3 Å². The van der Waals surface area contributed by atoms with Gasteiger partial charge in [0.2, 0.25) is 0 Å². The van der Waals surface area contributed by atoms with Crippen molar-refractivity contribution in [2.45, 2.75) is 39.2 Å². The summed E-state index contributed by atoms with van der Waals surface area (Å²) in [4.78, 5) is 5.05. The maximum Gasteiger partial charge on any atom is 0.119 e. The van der Waals surface area contributed by atoms with Gasteiger partial charge in [0, 0.05) is 31.9 Å². The van der Waals surface area contributed by atoms with Gasteiger partial charge in [0.25, 0.3) is 0 Å². The fourth-order valence-electron chi connectivity index (χ4n) is 4.38. The number of nitrogens with zero attached hydrogens (tertiary/aromatic N) is 4. The van der Waals surface area contributed by atoms with Gasteiger partial charge in [-0.05, 0) is 76.1 Å². The van der Waals surface area contributed by atoms with Gasteiger partial charge in [-0.2, -0.15) is 5.10 Å². The Morgan fingerprint density at radius 2 is 1.59 bits per heavy atom. The molecule has 2 aromatic carbocycles. The number of methoxy groups -OCH3 is 1. The van der Waals surface area contributed by atoms with Crippen molar-refractivity contribution in [3.63, 3.8) is 0 Å². The Labute approximate surface area is 192 Å². The fraction of sp³-hybridized carbons (Fsp3) is 0.444. The number of hydrogen-bond acceptors (Lipinski definition) is 4. The number of aryl methyl sites for hydroxylation is 1. The predicted molar refractivity (Wildman–Crippen MR) is 133 cm³/mol. The molecule has 3 aromatic rings. The third-order valence-corrected chi connectivity index (χ3v) is 6.18. The van der Waals surface area contributed by atoms with Crippen LogP contribution >= 0.6 is 0 Å². The van der Waals surface area contributed by atoms with E-state index in [-0.39, 0.29) is 5.54 Å². The van der Waals surface area contributed by atoms with Crippen LogP contribution in [0.1, 0.15) is 32.9 Å². The minimum atomic E-state index is -0.0405. The van der Waals surface area contributed by atoms with Crippen LogP contribution in [0.2, 0.25) is 0 Å². The molecular weight excluding hydrogens is 396 g/mol. The molecule has 5 heteroatoms. The van der Waals surface area contributed by atoms with E-state index in [1.165, 1.54) is 22.6 Å². The summed E-state index contributed by atoms with van der Waals surface area (Å²) in [7, 11) is 1.71. The van der Waals surface area contributed by atoms with Gasteiger partial charge in [0.15, 0.2) is 0 Å². The highest BCUT2D eigenvalue weighted by molar-refractivity contribution is 5.60. The van der Waals surface area contributed by atoms with Crippen LogP contribution in [0.15, 0.2) is 60.7 Å². The quantitative estimate of drug-likeness (QED) is 0.522. The van der Waals surface area contributed by atoms with E-state index < -0.39 is 0 Å². The van der Waals surface area contributed by atoms with Crippen LogP contribution in [0.5, 0.6) is 5.75 Å². The fourth-order valence-corrected chi connectivity index (χ4v) is 4.38. The van der Waals surface area contributed by atoms with Crippen molar-refractivity contribution < 1.29 is 4.74 Å². The highest BCUT2D eigenvalue weighted by Crippen LogP contribution is 2.27. The van der Waals surface area contributed by atoms with Crippen LogP contribution in [0, 0.1) is 0 Å². The van der Waals surface area contributed by atoms with E-state index in [4.69, 9.17) is 9.84 Å². The molecular formula is C27H36N4O. The lowest BCUT2D eigenvalue weighted by Crippen LogP contribution is -2.46. The molecule has 0 spiro atoms. The molecule has 0 saturated carbocycles. The lowest BCUT2D eigenvalue weighted by Gasteiger charge is -2.36. The first-order chi connectivity index (χ1) is 15.4. The average Bonchev–Trinajstić information content (AvgIpc) is 3.25. The second-order valence-corrected chi connectivity index (χ2v) is 9.60. The Kier molecular flexibility index (Phi) is 6.85. The van der Waals surface area contributed by atoms with Gasteiger partial charge < -0.3 is 9.64 Å². The summed E-state index contributed by atoms with van der Waals surface area (Å²) in [6.07, 6.45) is 2.15. The molecule has 1 fully saturated rings.